The Balaban J connectivity index is 2.24. The summed E-state index contributed by atoms with van der Waals surface area (Å²) in [6, 6.07) is 0. The number of nitrogens with one attached hydrogen (secondary N) is 1. The van der Waals surface area contributed by atoms with Gasteiger partial charge >= 0.3 is 6.09 Å². The molecule has 2 rings (SSSR count). The van der Waals surface area contributed by atoms with Crippen molar-refractivity contribution in [3.05, 3.63) is 17.0 Å². The summed E-state index contributed by atoms with van der Waals surface area (Å²) in [5.41, 5.74) is 3.37. The molecule has 1 N–H and O–H groups in total. The van der Waals surface area contributed by atoms with Crippen LogP contribution in [0.1, 0.15) is 36.7 Å². The minimum Gasteiger partial charge on any atom is -0.453 e. The molecular formula is C11H17N3O2. The number of H-pyrrole nitrogens is 1. The number of amides is 1. The second-order valence-electron chi connectivity index (χ2n) is 4.36. The summed E-state index contributed by atoms with van der Waals surface area (Å²) in [6.07, 6.45) is 0.561. The quantitative estimate of drug-likeness (QED) is 0.787. The van der Waals surface area contributed by atoms with Crippen molar-refractivity contribution in [1.82, 2.24) is 15.1 Å². The van der Waals surface area contributed by atoms with Gasteiger partial charge in [0.05, 0.1) is 19.3 Å². The maximum atomic E-state index is 11.5. The highest BCUT2D eigenvalue weighted by Gasteiger charge is 2.26. The Morgan fingerprint density at radius 2 is 2.31 bits per heavy atom. The van der Waals surface area contributed by atoms with Crippen molar-refractivity contribution < 1.29 is 9.53 Å². The van der Waals surface area contributed by atoms with Gasteiger partial charge in [-0.1, -0.05) is 13.8 Å². The SMILES string of the molecule is COC(=O)N1CCc2[nH]nc(C(C)C)c2C1. The van der Waals surface area contributed by atoms with Crippen LogP contribution in [0.15, 0.2) is 0 Å². The van der Waals surface area contributed by atoms with E-state index < -0.39 is 0 Å². The second-order valence-corrected chi connectivity index (χ2v) is 4.36. The molecule has 0 saturated heterocycles. The van der Waals surface area contributed by atoms with Crippen LogP contribution in [-0.4, -0.2) is 34.8 Å². The van der Waals surface area contributed by atoms with E-state index in [0.29, 0.717) is 19.0 Å². The zero-order valence-electron chi connectivity index (χ0n) is 9.91. The topological polar surface area (TPSA) is 58.2 Å². The Hall–Kier alpha value is -1.52. The molecule has 1 aliphatic heterocycles. The average molecular weight is 223 g/mol. The standard InChI is InChI=1S/C11H17N3O2/c1-7(2)10-8-6-14(11(15)16-3)5-4-9(8)12-13-10/h7H,4-6H2,1-3H3,(H,12,13). The Bertz CT molecular complexity index is 398. The van der Waals surface area contributed by atoms with Crippen molar-refractivity contribution in [2.24, 2.45) is 0 Å². The molecule has 1 aliphatic rings. The number of methoxy groups -OCH3 is 1. The van der Waals surface area contributed by atoms with Gasteiger partial charge in [0.15, 0.2) is 0 Å². The fourth-order valence-corrected chi connectivity index (χ4v) is 2.08. The Labute approximate surface area is 94.8 Å². The van der Waals surface area contributed by atoms with Gasteiger partial charge < -0.3 is 9.64 Å². The van der Waals surface area contributed by atoms with Crippen molar-refractivity contribution in [3.63, 3.8) is 0 Å². The van der Waals surface area contributed by atoms with Crippen molar-refractivity contribution in [2.75, 3.05) is 13.7 Å². The highest BCUT2D eigenvalue weighted by atomic mass is 16.5. The van der Waals surface area contributed by atoms with E-state index in [1.165, 1.54) is 7.11 Å². The largest absolute Gasteiger partial charge is 0.453 e. The minimum absolute atomic E-state index is 0.262. The maximum Gasteiger partial charge on any atom is 0.409 e. The summed E-state index contributed by atoms with van der Waals surface area (Å²) >= 11 is 0. The zero-order chi connectivity index (χ0) is 11.7. The third kappa shape index (κ3) is 1.77. The van der Waals surface area contributed by atoms with Crippen LogP contribution in [-0.2, 0) is 17.7 Å². The van der Waals surface area contributed by atoms with Gasteiger partial charge in [0.25, 0.3) is 0 Å². The molecule has 5 heteroatoms. The molecule has 0 fully saturated rings. The van der Waals surface area contributed by atoms with Gasteiger partial charge in [-0.2, -0.15) is 5.10 Å². The normalized spacial score (nSPS) is 15.1. The van der Waals surface area contributed by atoms with E-state index in [-0.39, 0.29) is 6.09 Å². The predicted molar refractivity (Wildman–Crippen MR) is 59.2 cm³/mol. The van der Waals surface area contributed by atoms with Gasteiger partial charge in [0, 0.05) is 24.2 Å². The third-order valence-corrected chi connectivity index (χ3v) is 2.95. The summed E-state index contributed by atoms with van der Waals surface area (Å²) in [6.45, 7) is 5.51. The lowest BCUT2D eigenvalue weighted by Crippen LogP contribution is -2.36. The van der Waals surface area contributed by atoms with Gasteiger partial charge in [-0.25, -0.2) is 4.79 Å². The fourth-order valence-electron chi connectivity index (χ4n) is 2.08. The van der Waals surface area contributed by atoms with Crippen molar-refractivity contribution >= 4 is 6.09 Å². The summed E-state index contributed by atoms with van der Waals surface area (Å²) in [7, 11) is 1.41. The zero-order valence-corrected chi connectivity index (χ0v) is 9.91. The number of ether oxygens (including phenoxy) is 1. The van der Waals surface area contributed by atoms with Crippen molar-refractivity contribution in [3.8, 4) is 0 Å². The van der Waals surface area contributed by atoms with Crippen LogP contribution >= 0.6 is 0 Å². The number of nitrogens with zero attached hydrogens (tertiary/aromatic N) is 2. The molecule has 0 aromatic carbocycles. The first-order valence-corrected chi connectivity index (χ1v) is 5.52. The number of aromatic amines is 1. The molecule has 16 heavy (non-hydrogen) atoms. The molecule has 2 heterocycles. The molecule has 88 valence electrons. The first-order chi connectivity index (χ1) is 7.63. The number of carbonyl (C=O) groups excluding carboxylic acids is 1. The molecule has 0 bridgehead atoms. The number of fused-ring (bicyclic) bond motifs is 1. The molecule has 1 amide bonds. The molecule has 0 unspecified atom stereocenters. The van der Waals surface area contributed by atoms with E-state index >= 15 is 0 Å². The van der Waals surface area contributed by atoms with Crippen LogP contribution in [0.25, 0.3) is 0 Å². The smallest absolute Gasteiger partial charge is 0.409 e. The van der Waals surface area contributed by atoms with Crippen LogP contribution in [0.3, 0.4) is 0 Å². The number of rotatable bonds is 1. The molecule has 5 nitrogen and oxygen atoms in total. The summed E-state index contributed by atoms with van der Waals surface area (Å²) in [5, 5.41) is 7.37. The first kappa shape index (κ1) is 11.0. The third-order valence-electron chi connectivity index (χ3n) is 2.95. The van der Waals surface area contributed by atoms with Gasteiger partial charge in [0.1, 0.15) is 0 Å². The Morgan fingerprint density at radius 3 is 2.94 bits per heavy atom. The molecule has 1 aromatic rings. The molecule has 0 aliphatic carbocycles. The lowest BCUT2D eigenvalue weighted by molar-refractivity contribution is 0.118. The van der Waals surface area contributed by atoms with Crippen LogP contribution in [0, 0.1) is 0 Å². The molecule has 0 saturated carbocycles. The average Bonchev–Trinajstić information content (AvgIpc) is 2.70. The van der Waals surface area contributed by atoms with Crippen molar-refractivity contribution in [1.29, 1.82) is 0 Å². The number of hydrogen-bond acceptors (Lipinski definition) is 3. The van der Waals surface area contributed by atoms with E-state index in [9.17, 15) is 4.79 Å². The van der Waals surface area contributed by atoms with E-state index in [0.717, 1.165) is 23.4 Å². The number of carbonyl (C=O) groups is 1. The highest BCUT2D eigenvalue weighted by Crippen LogP contribution is 2.25. The highest BCUT2D eigenvalue weighted by molar-refractivity contribution is 5.68. The predicted octanol–water partition coefficient (Wildman–Crippen LogP) is 1.66. The maximum absolute atomic E-state index is 11.5. The fraction of sp³-hybridized carbons (Fsp3) is 0.636. The van der Waals surface area contributed by atoms with Crippen LogP contribution in [0.4, 0.5) is 4.79 Å². The van der Waals surface area contributed by atoms with E-state index in [1.807, 2.05) is 0 Å². The molecule has 0 atom stereocenters. The number of hydrogen-bond donors (Lipinski definition) is 1. The number of aromatic nitrogens is 2. The van der Waals surface area contributed by atoms with Gasteiger partial charge in [-0.3, -0.25) is 5.10 Å². The Kier molecular flexibility index (Phi) is 2.85. The van der Waals surface area contributed by atoms with Gasteiger partial charge in [-0.05, 0) is 5.92 Å². The summed E-state index contributed by atoms with van der Waals surface area (Å²) in [5.74, 6) is 0.373. The lowest BCUT2D eigenvalue weighted by Gasteiger charge is -2.26. The molecule has 0 radical (unpaired) electrons. The van der Waals surface area contributed by atoms with Crippen LogP contribution < -0.4 is 0 Å². The lowest BCUT2D eigenvalue weighted by atomic mass is 10.00. The van der Waals surface area contributed by atoms with Crippen LogP contribution in [0.2, 0.25) is 0 Å². The first-order valence-electron chi connectivity index (χ1n) is 5.52. The van der Waals surface area contributed by atoms with E-state index in [4.69, 9.17) is 4.74 Å². The van der Waals surface area contributed by atoms with Gasteiger partial charge in [-0.15, -0.1) is 0 Å². The van der Waals surface area contributed by atoms with Gasteiger partial charge in [0.2, 0.25) is 0 Å². The summed E-state index contributed by atoms with van der Waals surface area (Å²) in [4.78, 5) is 13.2. The minimum atomic E-state index is -0.262. The molecule has 1 aromatic heterocycles. The molecular weight excluding hydrogens is 206 g/mol. The van der Waals surface area contributed by atoms with E-state index in [2.05, 4.69) is 24.0 Å². The monoisotopic (exact) mass is 223 g/mol. The second kappa shape index (κ2) is 4.15. The Morgan fingerprint density at radius 1 is 1.56 bits per heavy atom. The summed E-state index contributed by atoms with van der Waals surface area (Å²) < 4.78 is 4.74. The molecule has 0 spiro atoms. The van der Waals surface area contributed by atoms with Crippen LogP contribution in [0.5, 0.6) is 0 Å². The van der Waals surface area contributed by atoms with Crippen molar-refractivity contribution in [2.45, 2.75) is 32.7 Å². The van der Waals surface area contributed by atoms with E-state index in [1.54, 1.807) is 4.90 Å².